The van der Waals surface area contributed by atoms with Crippen molar-refractivity contribution in [2.45, 2.75) is 31.9 Å². The van der Waals surface area contributed by atoms with Gasteiger partial charge in [-0.2, -0.15) is 11.8 Å². The zero-order chi connectivity index (χ0) is 11.0. The molecule has 4 heteroatoms. The van der Waals surface area contributed by atoms with E-state index >= 15 is 0 Å². The van der Waals surface area contributed by atoms with E-state index in [2.05, 4.69) is 18.5 Å². The maximum Gasteiger partial charge on any atom is 0.222 e. The fourth-order valence-electron chi connectivity index (χ4n) is 1.07. The number of nitrogens with two attached hydrogens (primary N) is 1. The fraction of sp³-hybridized carbons (Fsp3) is 0.900. The number of amides is 1. The molecule has 84 valence electrons. The number of rotatable bonds is 7. The van der Waals surface area contributed by atoms with Crippen molar-refractivity contribution in [1.29, 1.82) is 0 Å². The Morgan fingerprint density at radius 2 is 2.07 bits per heavy atom. The van der Waals surface area contributed by atoms with Gasteiger partial charge in [0.25, 0.3) is 0 Å². The summed E-state index contributed by atoms with van der Waals surface area (Å²) in [5.41, 5.74) is 5.38. The molecule has 3 N–H and O–H groups in total. The van der Waals surface area contributed by atoms with Crippen molar-refractivity contribution in [1.82, 2.24) is 5.32 Å². The number of hydrogen-bond donors (Lipinski definition) is 2. The summed E-state index contributed by atoms with van der Waals surface area (Å²) in [6, 6.07) is 0. The predicted molar refractivity (Wildman–Crippen MR) is 63.4 cm³/mol. The average Bonchev–Trinajstić information content (AvgIpc) is 2.17. The van der Waals surface area contributed by atoms with Crippen molar-refractivity contribution >= 4 is 17.7 Å². The SMILES string of the molecule is CSC(C)CCNC(=O)C(C)CCN. The Labute approximate surface area is 91.2 Å². The first kappa shape index (κ1) is 13.8. The quantitative estimate of drug-likeness (QED) is 0.676. The summed E-state index contributed by atoms with van der Waals surface area (Å²) in [6.07, 6.45) is 3.88. The minimum atomic E-state index is 0.0459. The van der Waals surface area contributed by atoms with Gasteiger partial charge >= 0.3 is 0 Å². The van der Waals surface area contributed by atoms with E-state index in [0.717, 1.165) is 19.4 Å². The van der Waals surface area contributed by atoms with E-state index in [1.165, 1.54) is 0 Å². The smallest absolute Gasteiger partial charge is 0.222 e. The summed E-state index contributed by atoms with van der Waals surface area (Å²) in [5, 5.41) is 3.54. The van der Waals surface area contributed by atoms with E-state index in [4.69, 9.17) is 5.73 Å². The Morgan fingerprint density at radius 1 is 1.43 bits per heavy atom. The van der Waals surface area contributed by atoms with Gasteiger partial charge in [-0.05, 0) is 25.6 Å². The summed E-state index contributed by atoms with van der Waals surface area (Å²) < 4.78 is 0. The summed E-state index contributed by atoms with van der Waals surface area (Å²) >= 11 is 1.82. The minimum absolute atomic E-state index is 0.0459. The van der Waals surface area contributed by atoms with Crippen molar-refractivity contribution in [2.75, 3.05) is 19.3 Å². The molecule has 0 rings (SSSR count). The molecule has 2 atom stereocenters. The molecule has 2 unspecified atom stereocenters. The summed E-state index contributed by atoms with van der Waals surface area (Å²) in [6.45, 7) is 5.44. The largest absolute Gasteiger partial charge is 0.356 e. The Hall–Kier alpha value is -0.220. The second-order valence-corrected chi connectivity index (χ2v) is 4.88. The zero-order valence-corrected chi connectivity index (χ0v) is 10.2. The van der Waals surface area contributed by atoms with Crippen LogP contribution in [0.4, 0.5) is 0 Å². The Morgan fingerprint density at radius 3 is 2.57 bits per heavy atom. The normalized spacial score (nSPS) is 14.9. The topological polar surface area (TPSA) is 55.1 Å². The van der Waals surface area contributed by atoms with Crippen LogP contribution in [0.5, 0.6) is 0 Å². The minimum Gasteiger partial charge on any atom is -0.356 e. The molecule has 0 aliphatic heterocycles. The molecule has 0 aliphatic carbocycles. The van der Waals surface area contributed by atoms with Gasteiger partial charge in [0.1, 0.15) is 0 Å². The summed E-state index contributed by atoms with van der Waals surface area (Å²) in [7, 11) is 0. The van der Waals surface area contributed by atoms with E-state index in [1.807, 2.05) is 18.7 Å². The predicted octanol–water partition coefficient (Wildman–Crippen LogP) is 1.23. The van der Waals surface area contributed by atoms with Crippen LogP contribution in [0.15, 0.2) is 0 Å². The molecule has 14 heavy (non-hydrogen) atoms. The van der Waals surface area contributed by atoms with Crippen molar-refractivity contribution < 1.29 is 4.79 Å². The highest BCUT2D eigenvalue weighted by atomic mass is 32.2. The van der Waals surface area contributed by atoms with E-state index in [-0.39, 0.29) is 11.8 Å². The van der Waals surface area contributed by atoms with Crippen molar-refractivity contribution in [2.24, 2.45) is 11.7 Å². The Bertz CT molecular complexity index is 164. The van der Waals surface area contributed by atoms with Crippen LogP contribution in [0.1, 0.15) is 26.7 Å². The highest BCUT2D eigenvalue weighted by Gasteiger charge is 2.11. The van der Waals surface area contributed by atoms with E-state index in [9.17, 15) is 4.79 Å². The molecule has 1 amide bonds. The lowest BCUT2D eigenvalue weighted by atomic mass is 10.1. The first-order chi connectivity index (χ1) is 6.61. The van der Waals surface area contributed by atoms with Gasteiger partial charge < -0.3 is 11.1 Å². The van der Waals surface area contributed by atoms with Crippen LogP contribution >= 0.6 is 11.8 Å². The van der Waals surface area contributed by atoms with Crippen molar-refractivity contribution in [3.8, 4) is 0 Å². The molecule has 0 saturated carbocycles. The average molecular weight is 218 g/mol. The highest BCUT2D eigenvalue weighted by molar-refractivity contribution is 7.99. The van der Waals surface area contributed by atoms with Gasteiger partial charge in [-0.1, -0.05) is 13.8 Å². The maximum absolute atomic E-state index is 11.4. The van der Waals surface area contributed by atoms with Crippen LogP contribution < -0.4 is 11.1 Å². The van der Waals surface area contributed by atoms with Gasteiger partial charge in [0.05, 0.1) is 0 Å². The molecule has 0 fully saturated rings. The third-order valence-corrected chi connectivity index (χ3v) is 3.34. The van der Waals surface area contributed by atoms with Crippen LogP contribution in [-0.2, 0) is 4.79 Å². The van der Waals surface area contributed by atoms with E-state index in [1.54, 1.807) is 0 Å². The molecule has 0 bridgehead atoms. The third-order valence-electron chi connectivity index (χ3n) is 2.30. The molecule has 3 nitrogen and oxygen atoms in total. The molecular formula is C10H22N2OS. The summed E-state index contributed by atoms with van der Waals surface area (Å²) in [5.74, 6) is 0.174. The van der Waals surface area contributed by atoms with Crippen molar-refractivity contribution in [3.63, 3.8) is 0 Å². The van der Waals surface area contributed by atoms with Gasteiger partial charge in [0.15, 0.2) is 0 Å². The lowest BCUT2D eigenvalue weighted by molar-refractivity contribution is -0.124. The molecule has 0 saturated heterocycles. The molecular weight excluding hydrogens is 196 g/mol. The van der Waals surface area contributed by atoms with Gasteiger partial charge in [0.2, 0.25) is 5.91 Å². The molecule has 0 radical (unpaired) electrons. The van der Waals surface area contributed by atoms with E-state index in [0.29, 0.717) is 11.8 Å². The van der Waals surface area contributed by atoms with E-state index < -0.39 is 0 Å². The monoisotopic (exact) mass is 218 g/mol. The number of carbonyl (C=O) groups is 1. The number of thioether (sulfide) groups is 1. The second-order valence-electron chi connectivity index (χ2n) is 3.60. The molecule has 0 spiro atoms. The molecule has 0 aromatic rings. The van der Waals surface area contributed by atoms with Gasteiger partial charge in [0, 0.05) is 17.7 Å². The standard InChI is InChI=1S/C10H22N2OS/c1-8(4-6-11)10(13)12-7-5-9(2)14-3/h8-9H,4-7,11H2,1-3H3,(H,12,13). The number of hydrogen-bond acceptors (Lipinski definition) is 3. The van der Waals surface area contributed by atoms with Gasteiger partial charge in [-0.25, -0.2) is 0 Å². The van der Waals surface area contributed by atoms with Crippen LogP contribution in [0, 0.1) is 5.92 Å². The lowest BCUT2D eigenvalue weighted by Gasteiger charge is -2.12. The molecule has 0 heterocycles. The first-order valence-electron chi connectivity index (χ1n) is 5.12. The van der Waals surface area contributed by atoms with Crippen LogP contribution in [0.3, 0.4) is 0 Å². The molecule has 0 aliphatic rings. The maximum atomic E-state index is 11.4. The zero-order valence-electron chi connectivity index (χ0n) is 9.38. The van der Waals surface area contributed by atoms with Crippen molar-refractivity contribution in [3.05, 3.63) is 0 Å². The fourth-order valence-corrected chi connectivity index (χ4v) is 1.43. The lowest BCUT2D eigenvalue weighted by Crippen LogP contribution is -2.32. The van der Waals surface area contributed by atoms with Crippen LogP contribution in [0.2, 0.25) is 0 Å². The van der Waals surface area contributed by atoms with Crippen LogP contribution in [-0.4, -0.2) is 30.5 Å². The van der Waals surface area contributed by atoms with Crippen LogP contribution in [0.25, 0.3) is 0 Å². The number of carbonyl (C=O) groups excluding carboxylic acids is 1. The first-order valence-corrected chi connectivity index (χ1v) is 6.41. The molecule has 0 aromatic carbocycles. The molecule has 0 aromatic heterocycles. The highest BCUT2D eigenvalue weighted by Crippen LogP contribution is 2.08. The van der Waals surface area contributed by atoms with Gasteiger partial charge in [-0.3, -0.25) is 4.79 Å². The summed E-state index contributed by atoms with van der Waals surface area (Å²) in [4.78, 5) is 11.4. The Balaban J connectivity index is 3.53. The number of nitrogens with one attached hydrogen (secondary N) is 1. The third kappa shape index (κ3) is 6.27. The van der Waals surface area contributed by atoms with Gasteiger partial charge in [-0.15, -0.1) is 0 Å². The Kier molecular flexibility index (Phi) is 7.99. The second kappa shape index (κ2) is 8.12.